The van der Waals surface area contributed by atoms with E-state index in [9.17, 15) is 10.1 Å². The van der Waals surface area contributed by atoms with Crippen molar-refractivity contribution in [3.8, 4) is 17.6 Å². The number of hydrogen-bond acceptors (Lipinski definition) is 7. The fourth-order valence-corrected chi connectivity index (χ4v) is 5.26. The van der Waals surface area contributed by atoms with Crippen LogP contribution in [0.25, 0.3) is 0 Å². The standard InChI is InChI=1S/C27H26N4O3/c1-27(2)12-19-24(20(32)13-27)23(15-9-10-21(33-3)22(11-15)34-4)17(14-28)26-30-25(29)16-7-5-6-8-18(16)31(19)26/h5-11,23H,12-13H2,1-4H3,(H2,29,30). The number of rotatable bonds is 3. The zero-order valence-electron chi connectivity index (χ0n) is 19.7. The zero-order valence-corrected chi connectivity index (χ0v) is 19.7. The maximum Gasteiger partial charge on any atom is 0.162 e. The average molecular weight is 455 g/mol. The van der Waals surface area contributed by atoms with Crippen molar-refractivity contribution in [1.29, 1.82) is 5.26 Å². The predicted octanol–water partition coefficient (Wildman–Crippen LogP) is 4.40. The summed E-state index contributed by atoms with van der Waals surface area (Å²) in [5.74, 6) is 1.41. The number of methoxy groups -OCH3 is 2. The van der Waals surface area contributed by atoms with Crippen LogP contribution in [0.2, 0.25) is 0 Å². The molecule has 0 saturated heterocycles. The number of carbonyl (C=O) groups excluding carboxylic acids is 1. The van der Waals surface area contributed by atoms with E-state index in [2.05, 4.69) is 24.9 Å². The summed E-state index contributed by atoms with van der Waals surface area (Å²) in [4.78, 5) is 20.3. The highest BCUT2D eigenvalue weighted by molar-refractivity contribution is 6.08. The van der Waals surface area contributed by atoms with Crippen LogP contribution in [0, 0.1) is 16.7 Å². The SMILES string of the molecule is COc1ccc(C2C(C#N)=C3N=C(N)c4ccccc4N3C3=C2C(=O)CC(C)(C)C3)cc1OC. The van der Waals surface area contributed by atoms with E-state index in [1.54, 1.807) is 20.3 Å². The van der Waals surface area contributed by atoms with Gasteiger partial charge in [0.05, 0.1) is 37.5 Å². The van der Waals surface area contributed by atoms with Crippen LogP contribution in [0.3, 0.4) is 0 Å². The Kier molecular flexibility index (Phi) is 4.98. The third-order valence-corrected chi connectivity index (χ3v) is 6.71. The highest BCUT2D eigenvalue weighted by Crippen LogP contribution is 2.53. The van der Waals surface area contributed by atoms with Gasteiger partial charge in [-0.05, 0) is 41.7 Å². The molecule has 34 heavy (non-hydrogen) atoms. The second-order valence-corrected chi connectivity index (χ2v) is 9.55. The van der Waals surface area contributed by atoms with Gasteiger partial charge >= 0.3 is 0 Å². The van der Waals surface area contributed by atoms with Crippen LogP contribution in [0.1, 0.15) is 43.7 Å². The van der Waals surface area contributed by atoms with Crippen LogP contribution in [0.4, 0.5) is 5.69 Å². The number of nitrogens with two attached hydrogens (primary N) is 1. The lowest BCUT2D eigenvalue weighted by Gasteiger charge is -2.45. The first-order valence-corrected chi connectivity index (χ1v) is 11.2. The summed E-state index contributed by atoms with van der Waals surface area (Å²) in [6, 6.07) is 15.6. The molecular weight excluding hydrogens is 428 g/mol. The molecule has 2 N–H and O–H groups in total. The Morgan fingerprint density at radius 2 is 1.85 bits per heavy atom. The third-order valence-electron chi connectivity index (χ3n) is 6.71. The maximum atomic E-state index is 13.7. The maximum absolute atomic E-state index is 13.7. The molecule has 5 rings (SSSR count). The first-order valence-electron chi connectivity index (χ1n) is 11.2. The van der Waals surface area contributed by atoms with Crippen LogP contribution < -0.4 is 20.1 Å². The molecule has 0 bridgehead atoms. The Labute approximate surface area is 198 Å². The number of anilines is 1. The van der Waals surface area contributed by atoms with Gasteiger partial charge in [0.25, 0.3) is 0 Å². The van der Waals surface area contributed by atoms with Crippen LogP contribution >= 0.6 is 0 Å². The average Bonchev–Trinajstić information content (AvgIpc) is 2.82. The van der Waals surface area contributed by atoms with Gasteiger partial charge < -0.3 is 15.2 Å². The lowest BCUT2D eigenvalue weighted by atomic mass is 9.68. The minimum absolute atomic E-state index is 0.0397. The van der Waals surface area contributed by atoms with Crippen LogP contribution in [-0.4, -0.2) is 25.8 Å². The van der Waals surface area contributed by atoms with Crippen molar-refractivity contribution < 1.29 is 14.3 Å². The number of nitriles is 1. The van der Waals surface area contributed by atoms with E-state index in [1.165, 1.54) is 0 Å². The molecular formula is C27H26N4O3. The number of benzene rings is 2. The van der Waals surface area contributed by atoms with Crippen LogP contribution in [0.15, 0.2) is 70.1 Å². The number of ether oxygens (including phenoxy) is 2. The Morgan fingerprint density at radius 1 is 1.12 bits per heavy atom. The van der Waals surface area contributed by atoms with Gasteiger partial charge in [-0.1, -0.05) is 32.0 Å². The molecule has 0 aromatic heterocycles. The van der Waals surface area contributed by atoms with Gasteiger partial charge in [0.2, 0.25) is 0 Å². The van der Waals surface area contributed by atoms with E-state index in [0.29, 0.717) is 47.1 Å². The van der Waals surface area contributed by atoms with Crippen LogP contribution in [0.5, 0.6) is 11.5 Å². The molecule has 7 heteroatoms. The van der Waals surface area contributed by atoms with Crippen molar-refractivity contribution in [2.24, 2.45) is 16.1 Å². The second kappa shape index (κ2) is 7.77. The fraction of sp³-hybridized carbons (Fsp3) is 0.296. The van der Waals surface area contributed by atoms with E-state index in [4.69, 9.17) is 15.2 Å². The molecule has 1 unspecified atom stereocenters. The lowest BCUT2D eigenvalue weighted by molar-refractivity contribution is -0.118. The highest BCUT2D eigenvalue weighted by Gasteiger charge is 2.46. The largest absolute Gasteiger partial charge is 0.493 e. The number of hydrogen-bond donors (Lipinski definition) is 1. The first-order chi connectivity index (χ1) is 16.3. The predicted molar refractivity (Wildman–Crippen MR) is 130 cm³/mol. The minimum atomic E-state index is -0.573. The topological polar surface area (TPSA) is 101 Å². The van der Waals surface area contributed by atoms with Gasteiger partial charge in [-0.3, -0.25) is 9.69 Å². The molecule has 0 saturated carbocycles. The van der Waals surface area contributed by atoms with E-state index in [-0.39, 0.29) is 11.2 Å². The van der Waals surface area contributed by atoms with Gasteiger partial charge in [-0.25, -0.2) is 4.99 Å². The molecule has 3 aliphatic rings. The van der Waals surface area contributed by atoms with E-state index < -0.39 is 5.92 Å². The summed E-state index contributed by atoms with van der Waals surface area (Å²) in [5.41, 5.74) is 10.4. The molecule has 0 radical (unpaired) electrons. The molecule has 7 nitrogen and oxygen atoms in total. The molecule has 1 atom stereocenters. The molecule has 0 spiro atoms. The number of Topliss-reactive ketones (excluding diaryl/α,β-unsaturated/α-hetero) is 1. The van der Waals surface area contributed by atoms with Crippen molar-refractivity contribution in [3.05, 3.63) is 76.3 Å². The Hall–Kier alpha value is -4.05. The fourth-order valence-electron chi connectivity index (χ4n) is 5.26. The number of amidine groups is 1. The summed E-state index contributed by atoms with van der Waals surface area (Å²) < 4.78 is 10.9. The summed E-state index contributed by atoms with van der Waals surface area (Å²) in [5, 5.41) is 10.4. The number of allylic oxidation sites excluding steroid dienone is 3. The van der Waals surface area contributed by atoms with Gasteiger partial charge in [-0.15, -0.1) is 0 Å². The number of ketones is 1. The molecule has 172 valence electrons. The normalized spacial score (nSPS) is 20.7. The second-order valence-electron chi connectivity index (χ2n) is 9.55. The van der Waals surface area contributed by atoms with Crippen molar-refractivity contribution in [2.75, 3.05) is 19.1 Å². The summed E-state index contributed by atoms with van der Waals surface area (Å²) >= 11 is 0. The minimum Gasteiger partial charge on any atom is -0.493 e. The summed E-state index contributed by atoms with van der Waals surface area (Å²) in [7, 11) is 3.14. The monoisotopic (exact) mass is 454 g/mol. The summed E-state index contributed by atoms with van der Waals surface area (Å²) in [6.07, 6.45) is 1.08. The number of para-hydroxylation sites is 1. The molecule has 1 aliphatic carbocycles. The Bertz CT molecular complexity index is 1360. The van der Waals surface area contributed by atoms with E-state index in [1.807, 2.05) is 41.3 Å². The van der Waals surface area contributed by atoms with Gasteiger partial charge in [0.1, 0.15) is 5.84 Å². The zero-order chi connectivity index (χ0) is 24.2. The van der Waals surface area contributed by atoms with E-state index in [0.717, 1.165) is 22.5 Å². The third kappa shape index (κ3) is 3.18. The molecule has 0 amide bonds. The highest BCUT2D eigenvalue weighted by atomic mass is 16.5. The number of fused-ring (bicyclic) bond motifs is 4. The first kappa shape index (κ1) is 21.8. The molecule has 2 aromatic carbocycles. The van der Waals surface area contributed by atoms with Crippen LogP contribution in [-0.2, 0) is 4.79 Å². The van der Waals surface area contributed by atoms with Gasteiger partial charge in [-0.2, -0.15) is 5.26 Å². The number of nitrogens with zero attached hydrogens (tertiary/aromatic N) is 3. The quantitative estimate of drug-likeness (QED) is 0.737. The Morgan fingerprint density at radius 3 is 2.56 bits per heavy atom. The van der Waals surface area contributed by atoms with Gasteiger partial charge in [0.15, 0.2) is 23.1 Å². The summed E-state index contributed by atoms with van der Waals surface area (Å²) in [6.45, 7) is 4.19. The number of aliphatic imine (C=N–C) groups is 1. The Balaban J connectivity index is 1.83. The molecule has 0 fully saturated rings. The van der Waals surface area contributed by atoms with Gasteiger partial charge in [0, 0.05) is 23.3 Å². The molecule has 2 aliphatic heterocycles. The smallest absolute Gasteiger partial charge is 0.162 e. The van der Waals surface area contributed by atoms with Crippen molar-refractivity contribution in [2.45, 2.75) is 32.6 Å². The van der Waals surface area contributed by atoms with Crippen molar-refractivity contribution >= 4 is 17.3 Å². The van der Waals surface area contributed by atoms with Crippen molar-refractivity contribution in [1.82, 2.24) is 0 Å². The number of carbonyl (C=O) groups is 1. The van der Waals surface area contributed by atoms with Crippen molar-refractivity contribution in [3.63, 3.8) is 0 Å². The lowest BCUT2D eigenvalue weighted by Crippen LogP contribution is -2.42. The molecule has 2 aromatic rings. The molecule has 2 heterocycles. The van der Waals surface area contributed by atoms with E-state index >= 15 is 0 Å².